The molecule has 1 aromatic carbocycles. The molecule has 0 aromatic heterocycles. The molecule has 0 amide bonds. The van der Waals surface area contributed by atoms with Gasteiger partial charge in [-0.3, -0.25) is 0 Å². The molecule has 2 aliphatic heterocycles. The topological polar surface area (TPSA) is 115 Å². The fraction of sp³-hybridized carbons (Fsp3) is 0.294. The van der Waals surface area contributed by atoms with E-state index in [1.807, 2.05) is 0 Å². The summed E-state index contributed by atoms with van der Waals surface area (Å²) in [5.41, 5.74) is 2.74. The Morgan fingerprint density at radius 3 is 1.58 bits per heavy atom. The van der Waals surface area contributed by atoms with Gasteiger partial charge >= 0.3 is 56.5 Å². The monoisotopic (exact) mass is 543 g/mol. The van der Waals surface area contributed by atoms with Crippen LogP contribution in [-0.4, -0.2) is 23.2 Å². The van der Waals surface area contributed by atoms with Gasteiger partial charge < -0.3 is 0 Å². The molecule has 0 aliphatic carbocycles. The first kappa shape index (κ1) is 32.3. The van der Waals surface area contributed by atoms with Gasteiger partial charge in [0.05, 0.1) is 0 Å². The summed E-state index contributed by atoms with van der Waals surface area (Å²) in [7, 11) is -0.601. The van der Waals surface area contributed by atoms with Gasteiger partial charge in [0.2, 0.25) is 0 Å². The van der Waals surface area contributed by atoms with Crippen LogP contribution in [0.4, 0.5) is 0 Å². The van der Waals surface area contributed by atoms with Crippen LogP contribution in [0.1, 0.15) is 24.8 Å². The maximum atomic E-state index is 7.50. The molecule has 0 saturated carbocycles. The van der Waals surface area contributed by atoms with Gasteiger partial charge in [-0.2, -0.15) is 4.67 Å². The van der Waals surface area contributed by atoms with E-state index in [-0.39, 0.29) is 21.1 Å². The maximum absolute atomic E-state index is 7.50. The normalized spacial score (nSPS) is 15.5. The molecule has 1 unspecified atom stereocenters. The second kappa shape index (κ2) is 25.9. The van der Waals surface area contributed by atoms with E-state index in [2.05, 4.69) is 68.3 Å². The quantitative estimate of drug-likeness (QED) is 0.319. The molecule has 0 N–H and O–H groups in total. The maximum Gasteiger partial charge on any atom is 0.266 e. The van der Waals surface area contributed by atoms with Crippen LogP contribution in [0.3, 0.4) is 0 Å². The first-order chi connectivity index (χ1) is 12.4. The molecule has 26 heavy (non-hydrogen) atoms. The van der Waals surface area contributed by atoms with Crippen molar-refractivity contribution in [2.24, 2.45) is 4.76 Å². The summed E-state index contributed by atoms with van der Waals surface area (Å²) < 4.78 is 44.8. The Balaban J connectivity index is -0.000000193. The van der Waals surface area contributed by atoms with Crippen LogP contribution in [0, 0.1) is 33.3 Å². The van der Waals surface area contributed by atoms with Crippen molar-refractivity contribution in [3.63, 3.8) is 0 Å². The van der Waals surface area contributed by atoms with Crippen molar-refractivity contribution in [2.75, 3.05) is 13.1 Å². The number of hydrogen-bond acceptors (Lipinski definition) is 2. The number of benzene rings is 1. The summed E-state index contributed by atoms with van der Waals surface area (Å²) in [6.07, 6.45) is 4.14. The Bertz CT molecular complexity index is 543. The molecule has 1 fully saturated rings. The number of nitrogens with zero attached hydrogens (tertiary/aromatic N) is 2. The zero-order valence-corrected chi connectivity index (χ0v) is 17.7. The molecule has 2 aliphatic rings. The summed E-state index contributed by atoms with van der Waals surface area (Å²) in [6.45, 7) is 25.0. The van der Waals surface area contributed by atoms with Crippen molar-refractivity contribution in [2.45, 2.75) is 19.3 Å². The number of piperidine rings is 1. The third-order valence-corrected chi connectivity index (χ3v) is 5.18. The average molecular weight is 543 g/mol. The van der Waals surface area contributed by atoms with E-state index < -0.39 is 8.22 Å². The Morgan fingerprint density at radius 2 is 1.15 bits per heavy atom. The van der Waals surface area contributed by atoms with Gasteiger partial charge in [-0.1, -0.05) is 29.4 Å². The largest absolute Gasteiger partial charge is 0.266 e. The minimum Gasteiger partial charge on any atom is -0.153 e. The molecule has 3 rings (SSSR count). The summed E-state index contributed by atoms with van der Waals surface area (Å²) in [5, 5.41) is 0. The van der Waals surface area contributed by atoms with Crippen LogP contribution in [0.15, 0.2) is 35.1 Å². The third kappa shape index (κ3) is 12.9. The Kier molecular flexibility index (Phi) is 32.2. The van der Waals surface area contributed by atoms with Crippen molar-refractivity contribution in [1.29, 1.82) is 0 Å². The van der Waals surface area contributed by atoms with Gasteiger partial charge in [-0.05, 0) is 25.0 Å². The van der Waals surface area contributed by atoms with Gasteiger partial charge in [0.15, 0.2) is 0 Å². The van der Waals surface area contributed by atoms with Crippen molar-refractivity contribution in [3.05, 3.63) is 69.1 Å². The molecule has 1 aromatic rings. The molecule has 9 heteroatoms. The summed E-state index contributed by atoms with van der Waals surface area (Å²) >= 11 is 0. The SMILES string of the molecule is [C-]#[O+].[C-]#[O+].[C-]#[O+].[C-]#[O+].[C-]#[O+].[W].c1ccc(C2=N[PH+]2N2CCCCC2)cc1. The van der Waals surface area contributed by atoms with Crippen molar-refractivity contribution in [3.8, 4) is 0 Å². The number of hydrogen-bond donors (Lipinski definition) is 0. The fourth-order valence-electron chi connectivity index (χ4n) is 2.19. The smallest absolute Gasteiger partial charge is 0.153 e. The van der Waals surface area contributed by atoms with Gasteiger partial charge in [0.1, 0.15) is 0 Å². The minimum atomic E-state index is -0.601. The molecule has 2 heterocycles. The first-order valence-corrected chi connectivity index (χ1v) is 8.13. The van der Waals surface area contributed by atoms with Crippen LogP contribution < -0.4 is 0 Å². The summed E-state index contributed by atoms with van der Waals surface area (Å²) in [6, 6.07) is 10.6. The van der Waals surface area contributed by atoms with Crippen LogP contribution in [0.2, 0.25) is 0 Å². The van der Waals surface area contributed by atoms with Crippen LogP contribution in [-0.2, 0) is 44.3 Å². The second-order valence-electron chi connectivity index (χ2n) is 4.20. The van der Waals surface area contributed by atoms with Crippen molar-refractivity contribution < 1.29 is 44.3 Å². The van der Waals surface area contributed by atoms with Gasteiger partial charge in [-0.25, -0.2) is 0 Å². The van der Waals surface area contributed by atoms with E-state index >= 15 is 0 Å². The predicted octanol–water partition coefficient (Wildman–Crippen LogP) is 2.79. The van der Waals surface area contributed by atoms with Gasteiger partial charge in [0.25, 0.3) is 13.7 Å². The van der Waals surface area contributed by atoms with Crippen LogP contribution in [0.5, 0.6) is 0 Å². The van der Waals surface area contributed by atoms with E-state index in [4.69, 9.17) is 28.0 Å². The molecule has 134 valence electrons. The van der Waals surface area contributed by atoms with E-state index in [0.717, 1.165) is 0 Å². The van der Waals surface area contributed by atoms with E-state index in [9.17, 15) is 0 Å². The minimum absolute atomic E-state index is 0. The predicted molar refractivity (Wildman–Crippen MR) is 86.4 cm³/mol. The third-order valence-electron chi connectivity index (χ3n) is 3.08. The van der Waals surface area contributed by atoms with E-state index in [0.29, 0.717) is 0 Å². The Hall–Kier alpha value is -1.33. The van der Waals surface area contributed by atoms with Crippen molar-refractivity contribution >= 4 is 13.7 Å². The Labute approximate surface area is 169 Å². The van der Waals surface area contributed by atoms with E-state index in [1.54, 1.807) is 0 Å². The Morgan fingerprint density at radius 1 is 0.731 bits per heavy atom. The molecule has 1 atom stereocenters. The molecule has 0 radical (unpaired) electrons. The standard InChI is InChI=1S/C12H15N2P.5CO.W/c1-3-7-11(8-4-1)12-13-15(12)14-9-5-2-6-10-14;5*1-2;/h1,3-4,7-8H,2,5-6,9-10H2;;;;;;/p+1. The van der Waals surface area contributed by atoms with E-state index in [1.165, 1.54) is 43.4 Å². The molecular weight excluding hydrogens is 527 g/mol. The first-order valence-electron chi connectivity index (χ1n) is 6.73. The van der Waals surface area contributed by atoms with Crippen LogP contribution >= 0.6 is 8.22 Å². The summed E-state index contributed by atoms with van der Waals surface area (Å²) in [5.74, 6) is 0. The zero-order chi connectivity index (χ0) is 20.1. The van der Waals surface area contributed by atoms with Gasteiger partial charge in [-0.15, -0.1) is 0 Å². The molecular formula is C17H16N2O5PW+. The molecule has 0 bridgehead atoms. The van der Waals surface area contributed by atoms with Gasteiger partial charge in [0, 0.05) is 39.7 Å². The average Bonchev–Trinajstić information content (AvgIpc) is 3.58. The zero-order valence-electron chi connectivity index (χ0n) is 13.8. The van der Waals surface area contributed by atoms with Crippen molar-refractivity contribution in [1.82, 2.24) is 4.67 Å². The fourth-order valence-corrected chi connectivity index (χ4v) is 4.23. The molecule has 7 nitrogen and oxygen atoms in total. The molecule has 0 spiro atoms. The summed E-state index contributed by atoms with van der Waals surface area (Å²) in [4.78, 5) is 0. The number of rotatable bonds is 2. The molecule has 1 saturated heterocycles. The second-order valence-corrected chi connectivity index (χ2v) is 6.17. The van der Waals surface area contributed by atoms with Crippen LogP contribution in [0.25, 0.3) is 0 Å².